The summed E-state index contributed by atoms with van der Waals surface area (Å²) in [5.74, 6) is 0.372. The Balaban J connectivity index is 1.43. The summed E-state index contributed by atoms with van der Waals surface area (Å²) in [4.78, 5) is 12.1. The Labute approximate surface area is 172 Å². The van der Waals surface area contributed by atoms with E-state index in [4.69, 9.17) is 4.74 Å². The van der Waals surface area contributed by atoms with Crippen molar-refractivity contribution in [3.63, 3.8) is 0 Å². The molecule has 154 valence electrons. The van der Waals surface area contributed by atoms with Crippen molar-refractivity contribution < 1.29 is 17.9 Å². The van der Waals surface area contributed by atoms with Crippen LogP contribution in [0.25, 0.3) is 6.08 Å². The van der Waals surface area contributed by atoms with E-state index in [0.29, 0.717) is 32.0 Å². The summed E-state index contributed by atoms with van der Waals surface area (Å²) < 4.78 is 32.4. The SMILES string of the molecule is O=C(/C=C/c1ccccc1)NCCOc1ccc(S(=O)(=O)N2CCCCC2)cc1. The Kier molecular flexibility index (Phi) is 7.43. The number of carbonyl (C=O) groups excluding carboxylic acids is 1. The van der Waals surface area contributed by atoms with E-state index in [9.17, 15) is 13.2 Å². The number of sulfonamides is 1. The van der Waals surface area contributed by atoms with E-state index >= 15 is 0 Å². The van der Waals surface area contributed by atoms with Crippen LogP contribution in [0.4, 0.5) is 0 Å². The molecule has 1 N–H and O–H groups in total. The fourth-order valence-corrected chi connectivity index (χ4v) is 4.62. The van der Waals surface area contributed by atoms with Crippen LogP contribution in [0.3, 0.4) is 0 Å². The van der Waals surface area contributed by atoms with Crippen LogP contribution in [0.2, 0.25) is 0 Å². The van der Waals surface area contributed by atoms with Crippen molar-refractivity contribution in [3.05, 3.63) is 66.2 Å². The smallest absolute Gasteiger partial charge is 0.244 e. The predicted octanol–water partition coefficient (Wildman–Crippen LogP) is 3.07. The first-order valence-corrected chi connectivity index (χ1v) is 11.2. The van der Waals surface area contributed by atoms with Crippen LogP contribution < -0.4 is 10.1 Å². The Morgan fingerprint density at radius 1 is 1.00 bits per heavy atom. The number of benzene rings is 2. The molecule has 0 aromatic heterocycles. The molecule has 1 amide bonds. The summed E-state index contributed by atoms with van der Waals surface area (Å²) in [6.45, 7) is 1.81. The van der Waals surface area contributed by atoms with E-state index < -0.39 is 10.0 Å². The standard InChI is InChI=1S/C22H26N2O4S/c25-22(14-9-19-7-3-1-4-8-19)23-15-18-28-20-10-12-21(13-11-20)29(26,27)24-16-5-2-6-17-24/h1,3-4,7-14H,2,5-6,15-18H2,(H,23,25)/b14-9+. The number of rotatable bonds is 8. The van der Waals surface area contributed by atoms with Crippen molar-refractivity contribution in [1.29, 1.82) is 0 Å². The summed E-state index contributed by atoms with van der Waals surface area (Å²) in [5, 5.41) is 2.75. The molecular weight excluding hydrogens is 388 g/mol. The molecule has 2 aromatic rings. The highest BCUT2D eigenvalue weighted by atomic mass is 32.2. The number of ether oxygens (including phenoxy) is 1. The van der Waals surface area contributed by atoms with Gasteiger partial charge in [-0.25, -0.2) is 8.42 Å². The monoisotopic (exact) mass is 414 g/mol. The summed E-state index contributed by atoms with van der Waals surface area (Å²) in [5.41, 5.74) is 0.957. The third-order valence-electron chi connectivity index (χ3n) is 4.67. The molecule has 1 aliphatic rings. The lowest BCUT2D eigenvalue weighted by molar-refractivity contribution is -0.116. The molecule has 0 radical (unpaired) electrons. The largest absolute Gasteiger partial charge is 0.492 e. The number of amides is 1. The van der Waals surface area contributed by atoms with E-state index in [1.165, 1.54) is 6.08 Å². The van der Waals surface area contributed by atoms with Crippen LogP contribution in [0, 0.1) is 0 Å². The summed E-state index contributed by atoms with van der Waals surface area (Å²) in [6.07, 6.45) is 6.13. The minimum atomic E-state index is -3.43. The molecule has 1 heterocycles. The van der Waals surface area contributed by atoms with Crippen LogP contribution in [0.15, 0.2) is 65.6 Å². The summed E-state index contributed by atoms with van der Waals surface area (Å²) >= 11 is 0. The van der Waals surface area contributed by atoms with Crippen LogP contribution in [-0.2, 0) is 14.8 Å². The predicted molar refractivity (Wildman–Crippen MR) is 113 cm³/mol. The highest BCUT2D eigenvalue weighted by Gasteiger charge is 2.25. The molecule has 0 spiro atoms. The number of hydrogen-bond donors (Lipinski definition) is 1. The molecule has 29 heavy (non-hydrogen) atoms. The van der Waals surface area contributed by atoms with E-state index in [2.05, 4.69) is 5.32 Å². The van der Waals surface area contributed by atoms with Gasteiger partial charge in [0.2, 0.25) is 15.9 Å². The van der Waals surface area contributed by atoms with Crippen molar-refractivity contribution >= 4 is 22.0 Å². The van der Waals surface area contributed by atoms with Gasteiger partial charge in [-0.15, -0.1) is 0 Å². The molecule has 1 saturated heterocycles. The highest BCUT2D eigenvalue weighted by molar-refractivity contribution is 7.89. The van der Waals surface area contributed by atoms with E-state index in [1.54, 1.807) is 34.6 Å². The molecule has 1 aliphatic heterocycles. The van der Waals surface area contributed by atoms with Gasteiger partial charge in [0, 0.05) is 19.2 Å². The van der Waals surface area contributed by atoms with Gasteiger partial charge in [-0.05, 0) is 48.7 Å². The molecule has 0 bridgehead atoms. The Hall–Kier alpha value is -2.64. The minimum Gasteiger partial charge on any atom is -0.492 e. The van der Waals surface area contributed by atoms with Crippen LogP contribution in [-0.4, -0.2) is 44.9 Å². The molecule has 6 nitrogen and oxygen atoms in total. The lowest BCUT2D eigenvalue weighted by Gasteiger charge is -2.25. The fourth-order valence-electron chi connectivity index (χ4n) is 3.10. The zero-order valence-corrected chi connectivity index (χ0v) is 17.1. The van der Waals surface area contributed by atoms with Gasteiger partial charge in [0.15, 0.2) is 0 Å². The molecule has 0 atom stereocenters. The summed E-state index contributed by atoms with van der Waals surface area (Å²) in [6, 6.07) is 16.0. The van der Waals surface area contributed by atoms with Crippen molar-refractivity contribution in [2.45, 2.75) is 24.2 Å². The molecule has 2 aromatic carbocycles. The maximum Gasteiger partial charge on any atom is 0.244 e. The zero-order chi connectivity index (χ0) is 20.5. The quantitative estimate of drug-likeness (QED) is 0.532. The number of hydrogen-bond acceptors (Lipinski definition) is 4. The van der Waals surface area contributed by atoms with Crippen molar-refractivity contribution in [3.8, 4) is 5.75 Å². The maximum atomic E-state index is 12.6. The normalized spacial score (nSPS) is 15.3. The van der Waals surface area contributed by atoms with Crippen LogP contribution >= 0.6 is 0 Å². The molecule has 0 aliphatic carbocycles. The van der Waals surface area contributed by atoms with Crippen molar-refractivity contribution in [2.75, 3.05) is 26.2 Å². The molecular formula is C22H26N2O4S. The van der Waals surface area contributed by atoms with E-state index in [-0.39, 0.29) is 10.8 Å². The molecule has 1 fully saturated rings. The number of nitrogens with zero attached hydrogens (tertiary/aromatic N) is 1. The van der Waals surface area contributed by atoms with E-state index in [1.807, 2.05) is 30.3 Å². The molecule has 0 saturated carbocycles. The minimum absolute atomic E-state index is 0.194. The molecule has 0 unspecified atom stereocenters. The first kappa shape index (κ1) is 21.1. The van der Waals surface area contributed by atoms with Crippen molar-refractivity contribution in [2.24, 2.45) is 0 Å². The maximum absolute atomic E-state index is 12.6. The average Bonchev–Trinajstić information content (AvgIpc) is 2.77. The van der Waals surface area contributed by atoms with Crippen LogP contribution in [0.1, 0.15) is 24.8 Å². The van der Waals surface area contributed by atoms with E-state index in [0.717, 1.165) is 24.8 Å². The average molecular weight is 415 g/mol. The Morgan fingerprint density at radius 3 is 2.38 bits per heavy atom. The van der Waals surface area contributed by atoms with Gasteiger partial charge >= 0.3 is 0 Å². The van der Waals surface area contributed by atoms with Gasteiger partial charge in [0.1, 0.15) is 12.4 Å². The second-order valence-electron chi connectivity index (χ2n) is 6.82. The van der Waals surface area contributed by atoms with Gasteiger partial charge in [-0.1, -0.05) is 36.8 Å². The Bertz CT molecular complexity index is 919. The number of carbonyl (C=O) groups is 1. The third-order valence-corrected chi connectivity index (χ3v) is 6.59. The van der Waals surface area contributed by atoms with Gasteiger partial charge in [-0.3, -0.25) is 4.79 Å². The lowest BCUT2D eigenvalue weighted by atomic mass is 10.2. The number of nitrogens with one attached hydrogen (secondary N) is 1. The lowest BCUT2D eigenvalue weighted by Crippen LogP contribution is -2.35. The fraction of sp³-hybridized carbons (Fsp3) is 0.318. The Morgan fingerprint density at radius 2 is 1.69 bits per heavy atom. The number of piperidine rings is 1. The van der Waals surface area contributed by atoms with Gasteiger partial charge in [-0.2, -0.15) is 4.31 Å². The topological polar surface area (TPSA) is 75.7 Å². The zero-order valence-electron chi connectivity index (χ0n) is 16.3. The van der Waals surface area contributed by atoms with Gasteiger partial charge in [0.25, 0.3) is 0 Å². The third kappa shape index (κ3) is 6.17. The van der Waals surface area contributed by atoms with Crippen molar-refractivity contribution in [1.82, 2.24) is 9.62 Å². The summed E-state index contributed by atoms with van der Waals surface area (Å²) in [7, 11) is -3.43. The second-order valence-corrected chi connectivity index (χ2v) is 8.76. The molecule has 7 heteroatoms. The first-order chi connectivity index (χ1) is 14.1. The van der Waals surface area contributed by atoms with Gasteiger partial charge < -0.3 is 10.1 Å². The highest BCUT2D eigenvalue weighted by Crippen LogP contribution is 2.22. The second kappa shape index (κ2) is 10.2. The first-order valence-electron chi connectivity index (χ1n) is 9.80. The van der Waals surface area contributed by atoms with Gasteiger partial charge in [0.05, 0.1) is 11.4 Å². The molecule has 3 rings (SSSR count). The van der Waals surface area contributed by atoms with Crippen LogP contribution in [0.5, 0.6) is 5.75 Å².